The summed E-state index contributed by atoms with van der Waals surface area (Å²) in [6, 6.07) is 13.2. The molecule has 0 bridgehead atoms. The summed E-state index contributed by atoms with van der Waals surface area (Å²) in [5.41, 5.74) is 3.64. The second-order valence-electron chi connectivity index (χ2n) is 11.4. The molecule has 0 radical (unpaired) electrons. The van der Waals surface area contributed by atoms with Gasteiger partial charge in [-0.05, 0) is 42.5 Å². The van der Waals surface area contributed by atoms with Gasteiger partial charge in [0.25, 0.3) is 5.91 Å². The molecule has 1 amide bonds. The molecule has 3 aliphatic rings. The first-order chi connectivity index (χ1) is 22.3. The number of hydrogen-bond acceptors (Lipinski definition) is 12. The molecule has 16 heteroatoms. The highest BCUT2D eigenvalue weighted by Gasteiger charge is 2.27. The van der Waals surface area contributed by atoms with Crippen LogP contribution in [-0.4, -0.2) is 133 Å². The summed E-state index contributed by atoms with van der Waals surface area (Å²) in [5, 5.41) is 3.31. The minimum Gasteiger partial charge on any atom is -0.378 e. The van der Waals surface area contributed by atoms with Gasteiger partial charge in [-0.1, -0.05) is 0 Å². The number of hydrogen-bond donors (Lipinski definition) is 2. The highest BCUT2D eigenvalue weighted by atomic mass is 32.2. The molecule has 0 spiro atoms. The first kappa shape index (κ1) is 30.3. The second-order valence-corrected chi connectivity index (χ2v) is 13.4. The van der Waals surface area contributed by atoms with Gasteiger partial charge in [-0.3, -0.25) is 4.79 Å². The molecule has 2 aromatic carbocycles. The molecule has 2 N–H and O–H groups in total. The minimum atomic E-state index is -3.27. The number of carbonyl (C=O) groups excluding carboxylic acids is 1. The smallest absolute Gasteiger partial charge is 0.254 e. The van der Waals surface area contributed by atoms with Crippen molar-refractivity contribution in [3.05, 3.63) is 48.0 Å². The van der Waals surface area contributed by atoms with Gasteiger partial charge in [0.05, 0.1) is 43.7 Å². The number of benzene rings is 2. The van der Waals surface area contributed by atoms with Crippen molar-refractivity contribution in [2.24, 2.45) is 0 Å². The summed E-state index contributed by atoms with van der Waals surface area (Å²) < 4.78 is 36.1. The number of aromatic amines is 1. The van der Waals surface area contributed by atoms with Crippen molar-refractivity contribution >= 4 is 50.5 Å². The Morgan fingerprint density at radius 2 is 1.39 bits per heavy atom. The molecule has 3 fully saturated rings. The van der Waals surface area contributed by atoms with E-state index in [-0.39, 0.29) is 5.91 Å². The molecular formula is C30H36N10O5S. The van der Waals surface area contributed by atoms with Crippen LogP contribution in [0.5, 0.6) is 0 Å². The Bertz CT molecular complexity index is 1780. The predicted molar refractivity (Wildman–Crippen MR) is 173 cm³/mol. The van der Waals surface area contributed by atoms with E-state index in [4.69, 9.17) is 24.4 Å². The van der Waals surface area contributed by atoms with Crippen LogP contribution >= 0.6 is 0 Å². The maximum atomic E-state index is 13.1. The summed E-state index contributed by atoms with van der Waals surface area (Å²) in [4.78, 5) is 41.4. The molecule has 0 aliphatic carbocycles. The van der Waals surface area contributed by atoms with Crippen molar-refractivity contribution in [3.8, 4) is 11.4 Å². The fraction of sp³-hybridized carbons (Fsp3) is 0.433. The molecule has 0 unspecified atom stereocenters. The molecule has 3 saturated heterocycles. The normalized spacial score (nSPS) is 18.2. The number of rotatable bonds is 7. The topological polar surface area (TPSA) is 162 Å². The molecule has 3 aliphatic heterocycles. The Kier molecular flexibility index (Phi) is 8.42. The molecule has 7 rings (SSSR count). The SMILES string of the molecule is CS(=O)(=O)N1CCN(C(=O)c2ccc3nc(Nc4ccc(-c5nc(N6CCOCC6)nc(N6CCOCC6)n5)cc4)[nH]c3c2)CC1. The van der Waals surface area contributed by atoms with Gasteiger partial charge in [-0.15, -0.1) is 0 Å². The summed E-state index contributed by atoms with van der Waals surface area (Å²) in [6.07, 6.45) is 1.19. The highest BCUT2D eigenvalue weighted by molar-refractivity contribution is 7.88. The van der Waals surface area contributed by atoms with E-state index in [1.807, 2.05) is 24.3 Å². The van der Waals surface area contributed by atoms with Gasteiger partial charge < -0.3 is 34.5 Å². The average molecular weight is 649 g/mol. The fourth-order valence-electron chi connectivity index (χ4n) is 5.74. The van der Waals surface area contributed by atoms with Gasteiger partial charge in [0.15, 0.2) is 5.82 Å². The lowest BCUT2D eigenvalue weighted by Crippen LogP contribution is -2.50. The molecule has 2 aromatic heterocycles. The zero-order chi connectivity index (χ0) is 31.7. The zero-order valence-corrected chi connectivity index (χ0v) is 26.4. The third-order valence-corrected chi connectivity index (χ3v) is 9.63. The van der Waals surface area contributed by atoms with Crippen LogP contribution in [0.4, 0.5) is 23.5 Å². The number of nitrogens with one attached hydrogen (secondary N) is 2. The predicted octanol–water partition coefficient (Wildman–Crippen LogP) is 1.55. The lowest BCUT2D eigenvalue weighted by molar-refractivity contribution is 0.0698. The van der Waals surface area contributed by atoms with Crippen LogP contribution in [0, 0.1) is 0 Å². The Labute approximate surface area is 266 Å². The Balaban J connectivity index is 1.06. The number of imidazole rings is 1. The first-order valence-corrected chi connectivity index (χ1v) is 17.2. The van der Waals surface area contributed by atoms with Gasteiger partial charge in [0, 0.05) is 69.2 Å². The Morgan fingerprint density at radius 1 is 0.783 bits per heavy atom. The largest absolute Gasteiger partial charge is 0.378 e. The third kappa shape index (κ3) is 6.60. The lowest BCUT2D eigenvalue weighted by Gasteiger charge is -2.33. The van der Waals surface area contributed by atoms with E-state index in [0.29, 0.717) is 87.4 Å². The number of carbonyl (C=O) groups is 1. The van der Waals surface area contributed by atoms with Crippen LogP contribution in [0.15, 0.2) is 42.5 Å². The second kappa shape index (κ2) is 12.8. The number of morpholine rings is 2. The van der Waals surface area contributed by atoms with Crippen molar-refractivity contribution in [1.29, 1.82) is 0 Å². The van der Waals surface area contributed by atoms with E-state index in [0.717, 1.165) is 42.9 Å². The van der Waals surface area contributed by atoms with Crippen molar-refractivity contribution < 1.29 is 22.7 Å². The van der Waals surface area contributed by atoms with E-state index < -0.39 is 10.0 Å². The number of H-pyrrole nitrogens is 1. The van der Waals surface area contributed by atoms with Crippen LogP contribution in [0.1, 0.15) is 10.4 Å². The average Bonchev–Trinajstić information content (AvgIpc) is 3.50. The number of aromatic nitrogens is 5. The maximum absolute atomic E-state index is 13.1. The number of anilines is 4. The van der Waals surface area contributed by atoms with Crippen LogP contribution in [0.2, 0.25) is 0 Å². The van der Waals surface area contributed by atoms with E-state index in [1.165, 1.54) is 10.6 Å². The quantitative estimate of drug-likeness (QED) is 0.298. The van der Waals surface area contributed by atoms with Crippen LogP contribution in [0.25, 0.3) is 22.4 Å². The van der Waals surface area contributed by atoms with Crippen LogP contribution in [-0.2, 0) is 19.5 Å². The molecule has 15 nitrogen and oxygen atoms in total. The van der Waals surface area contributed by atoms with Gasteiger partial charge >= 0.3 is 0 Å². The van der Waals surface area contributed by atoms with E-state index >= 15 is 0 Å². The van der Waals surface area contributed by atoms with E-state index in [2.05, 4.69) is 25.1 Å². The minimum absolute atomic E-state index is 0.137. The summed E-state index contributed by atoms with van der Waals surface area (Å²) in [6.45, 7) is 6.74. The van der Waals surface area contributed by atoms with Gasteiger partial charge in [0.2, 0.25) is 27.9 Å². The van der Waals surface area contributed by atoms with Crippen molar-refractivity contribution in [2.75, 3.05) is 100 Å². The number of piperazine rings is 1. The molecule has 0 atom stereocenters. The molecule has 4 aromatic rings. The van der Waals surface area contributed by atoms with Gasteiger partial charge in [-0.25, -0.2) is 13.4 Å². The monoisotopic (exact) mass is 648 g/mol. The Hall–Kier alpha value is -4.38. The van der Waals surface area contributed by atoms with Crippen LogP contribution < -0.4 is 15.1 Å². The van der Waals surface area contributed by atoms with Gasteiger partial charge in [-0.2, -0.15) is 19.3 Å². The molecule has 242 valence electrons. The molecule has 46 heavy (non-hydrogen) atoms. The number of fused-ring (bicyclic) bond motifs is 1. The third-order valence-electron chi connectivity index (χ3n) is 8.33. The number of ether oxygens (including phenoxy) is 2. The highest BCUT2D eigenvalue weighted by Crippen LogP contribution is 2.26. The fourth-order valence-corrected chi connectivity index (χ4v) is 6.57. The van der Waals surface area contributed by atoms with Crippen molar-refractivity contribution in [1.82, 2.24) is 34.1 Å². The number of sulfonamides is 1. The number of amides is 1. The molecule has 0 saturated carbocycles. The first-order valence-electron chi connectivity index (χ1n) is 15.3. The van der Waals surface area contributed by atoms with E-state index in [9.17, 15) is 13.2 Å². The maximum Gasteiger partial charge on any atom is 0.254 e. The van der Waals surface area contributed by atoms with Gasteiger partial charge in [0.1, 0.15) is 0 Å². The summed E-state index contributed by atoms with van der Waals surface area (Å²) in [7, 11) is -3.27. The number of nitrogens with zero attached hydrogens (tertiary/aromatic N) is 8. The van der Waals surface area contributed by atoms with Crippen molar-refractivity contribution in [3.63, 3.8) is 0 Å². The molecular weight excluding hydrogens is 612 g/mol. The summed E-state index contributed by atoms with van der Waals surface area (Å²) >= 11 is 0. The standard InChI is InChI=1S/C30H36N10O5S/c1-46(42,43)40-10-8-37(9-11-40)27(41)22-4-7-24-25(20-22)33-28(32-24)31-23-5-2-21(3-6-23)26-34-29(38-12-16-44-17-13-38)36-30(35-26)39-14-18-45-19-15-39/h2-7,20H,8-19H2,1H3,(H2,31,32,33). The van der Waals surface area contributed by atoms with E-state index in [1.54, 1.807) is 23.1 Å². The van der Waals surface area contributed by atoms with Crippen molar-refractivity contribution in [2.45, 2.75) is 0 Å². The van der Waals surface area contributed by atoms with Crippen LogP contribution in [0.3, 0.4) is 0 Å². The molecule has 5 heterocycles. The zero-order valence-electron chi connectivity index (χ0n) is 25.6. The lowest BCUT2D eigenvalue weighted by atomic mass is 10.1. The Morgan fingerprint density at radius 3 is 1.98 bits per heavy atom. The summed E-state index contributed by atoms with van der Waals surface area (Å²) in [5.74, 6) is 2.30.